The molecule has 2 rings (SSSR count). The highest BCUT2D eigenvalue weighted by molar-refractivity contribution is 5.87. The molecular weight excluding hydrogens is 254 g/mol. The van der Waals surface area contributed by atoms with E-state index < -0.39 is 5.97 Å². The molecular formula is C15H19N3O2. The number of fused-ring (bicyclic) bond motifs is 1. The van der Waals surface area contributed by atoms with Crippen LogP contribution in [0.25, 0.3) is 0 Å². The maximum absolute atomic E-state index is 11.3. The quantitative estimate of drug-likeness (QED) is 0.647. The SMILES string of the molecule is C#CCN(C)C1CCc2c(c(C(=O)O)nn2CC=C)C1. The van der Waals surface area contributed by atoms with Crippen LogP contribution in [0.2, 0.25) is 0 Å². The number of rotatable bonds is 5. The van der Waals surface area contributed by atoms with Gasteiger partial charge in [-0.3, -0.25) is 9.58 Å². The van der Waals surface area contributed by atoms with Gasteiger partial charge in [-0.15, -0.1) is 13.0 Å². The Balaban J connectivity index is 2.32. The van der Waals surface area contributed by atoms with Crippen LogP contribution in [-0.4, -0.2) is 45.4 Å². The van der Waals surface area contributed by atoms with E-state index >= 15 is 0 Å². The highest BCUT2D eigenvalue weighted by Gasteiger charge is 2.30. The van der Waals surface area contributed by atoms with E-state index in [1.807, 2.05) is 7.05 Å². The van der Waals surface area contributed by atoms with Crippen molar-refractivity contribution in [1.29, 1.82) is 0 Å². The molecule has 0 radical (unpaired) electrons. The van der Waals surface area contributed by atoms with Crippen molar-refractivity contribution in [1.82, 2.24) is 14.7 Å². The summed E-state index contributed by atoms with van der Waals surface area (Å²) in [6, 6.07) is 0.276. The third kappa shape index (κ3) is 2.61. The highest BCUT2D eigenvalue weighted by Crippen LogP contribution is 2.27. The number of allylic oxidation sites excluding steroid dienone is 1. The Hall–Kier alpha value is -2.06. The molecule has 5 nitrogen and oxygen atoms in total. The standard InChI is InChI=1S/C15H19N3O2/c1-4-8-17(3)11-6-7-13-12(10-11)14(15(19)20)16-18(13)9-5-2/h1,5,11H,2,6-10H2,3H3,(H,19,20). The topological polar surface area (TPSA) is 58.4 Å². The number of nitrogens with zero attached hydrogens (tertiary/aromatic N) is 3. The maximum Gasteiger partial charge on any atom is 0.356 e. The second-order valence-corrected chi connectivity index (χ2v) is 5.07. The predicted molar refractivity (Wildman–Crippen MR) is 76.7 cm³/mol. The van der Waals surface area contributed by atoms with Crippen LogP contribution in [0.3, 0.4) is 0 Å². The Labute approximate surface area is 118 Å². The summed E-state index contributed by atoms with van der Waals surface area (Å²) in [5.41, 5.74) is 2.03. The molecule has 1 N–H and O–H groups in total. The van der Waals surface area contributed by atoms with Crippen molar-refractivity contribution < 1.29 is 9.90 Å². The van der Waals surface area contributed by atoms with Crippen molar-refractivity contribution in [2.45, 2.75) is 31.8 Å². The summed E-state index contributed by atoms with van der Waals surface area (Å²) >= 11 is 0. The maximum atomic E-state index is 11.3. The lowest BCUT2D eigenvalue weighted by Crippen LogP contribution is -2.37. The largest absolute Gasteiger partial charge is 0.476 e. The number of hydrogen-bond donors (Lipinski definition) is 1. The summed E-state index contributed by atoms with van der Waals surface area (Å²) in [7, 11) is 1.98. The molecule has 0 amide bonds. The molecule has 20 heavy (non-hydrogen) atoms. The van der Waals surface area contributed by atoms with Crippen LogP contribution in [0.15, 0.2) is 12.7 Å². The van der Waals surface area contributed by atoms with E-state index in [1.165, 1.54) is 0 Å². The van der Waals surface area contributed by atoms with Crippen molar-refractivity contribution >= 4 is 5.97 Å². The number of carboxylic acid groups (broad SMARTS) is 1. The lowest BCUT2D eigenvalue weighted by atomic mass is 9.90. The van der Waals surface area contributed by atoms with Gasteiger partial charge in [0.25, 0.3) is 0 Å². The van der Waals surface area contributed by atoms with Crippen molar-refractivity contribution in [3.8, 4) is 12.3 Å². The van der Waals surface area contributed by atoms with Crippen molar-refractivity contribution in [3.63, 3.8) is 0 Å². The first-order valence-corrected chi connectivity index (χ1v) is 6.65. The van der Waals surface area contributed by atoms with Crippen molar-refractivity contribution in [2.24, 2.45) is 0 Å². The molecule has 1 heterocycles. The van der Waals surface area contributed by atoms with Crippen LogP contribution in [-0.2, 0) is 19.4 Å². The van der Waals surface area contributed by atoms with E-state index in [2.05, 4.69) is 22.5 Å². The van der Waals surface area contributed by atoms with E-state index in [0.717, 1.165) is 24.1 Å². The zero-order valence-electron chi connectivity index (χ0n) is 11.7. The third-order valence-corrected chi connectivity index (χ3v) is 3.79. The summed E-state index contributed by atoms with van der Waals surface area (Å²) in [5.74, 6) is 1.66. The number of hydrogen-bond acceptors (Lipinski definition) is 3. The Morgan fingerprint density at radius 1 is 1.75 bits per heavy atom. The minimum Gasteiger partial charge on any atom is -0.476 e. The van der Waals surface area contributed by atoms with Gasteiger partial charge in [-0.05, 0) is 26.3 Å². The zero-order valence-corrected chi connectivity index (χ0v) is 11.7. The number of carbonyl (C=O) groups is 1. The summed E-state index contributed by atoms with van der Waals surface area (Å²) in [5, 5.41) is 13.5. The fourth-order valence-corrected chi connectivity index (χ4v) is 2.76. The fraction of sp³-hybridized carbons (Fsp3) is 0.467. The zero-order chi connectivity index (χ0) is 14.7. The lowest BCUT2D eigenvalue weighted by Gasteiger charge is -2.30. The highest BCUT2D eigenvalue weighted by atomic mass is 16.4. The van der Waals surface area contributed by atoms with Crippen LogP contribution >= 0.6 is 0 Å². The summed E-state index contributed by atoms with van der Waals surface area (Å²) in [6.07, 6.45) is 9.55. The second-order valence-electron chi connectivity index (χ2n) is 5.07. The molecule has 0 fully saturated rings. The summed E-state index contributed by atoms with van der Waals surface area (Å²) in [6.45, 7) is 4.80. The predicted octanol–water partition coefficient (Wildman–Crippen LogP) is 1.19. The molecule has 0 saturated heterocycles. The molecule has 0 spiro atoms. The third-order valence-electron chi connectivity index (χ3n) is 3.79. The Bertz CT molecular complexity index is 568. The van der Waals surface area contributed by atoms with Gasteiger partial charge in [0.1, 0.15) is 0 Å². The molecule has 1 aromatic heterocycles. The van der Waals surface area contributed by atoms with Gasteiger partial charge in [0.15, 0.2) is 5.69 Å². The minimum absolute atomic E-state index is 0.167. The van der Waals surface area contributed by atoms with Gasteiger partial charge >= 0.3 is 5.97 Å². The molecule has 0 bridgehead atoms. The number of likely N-dealkylation sites (N-methyl/N-ethyl adjacent to an activating group) is 1. The van der Waals surface area contributed by atoms with E-state index in [0.29, 0.717) is 19.5 Å². The monoisotopic (exact) mass is 273 g/mol. The number of aromatic nitrogens is 2. The lowest BCUT2D eigenvalue weighted by molar-refractivity contribution is 0.0687. The summed E-state index contributed by atoms with van der Waals surface area (Å²) in [4.78, 5) is 13.4. The van der Waals surface area contributed by atoms with Crippen LogP contribution in [0, 0.1) is 12.3 Å². The average Bonchev–Trinajstić information content (AvgIpc) is 2.78. The molecule has 1 aromatic rings. The first-order chi connectivity index (χ1) is 9.58. The molecule has 0 aromatic carbocycles. The minimum atomic E-state index is -0.968. The molecule has 1 aliphatic carbocycles. The van der Waals surface area contributed by atoms with Crippen LogP contribution in [0.4, 0.5) is 0 Å². The van der Waals surface area contributed by atoms with Gasteiger partial charge in [0.2, 0.25) is 0 Å². The number of carboxylic acids is 1. The molecule has 1 unspecified atom stereocenters. The smallest absolute Gasteiger partial charge is 0.356 e. The molecule has 1 atom stereocenters. The Morgan fingerprint density at radius 2 is 2.50 bits per heavy atom. The van der Waals surface area contributed by atoms with Crippen LogP contribution in [0.1, 0.15) is 28.2 Å². The van der Waals surface area contributed by atoms with Crippen molar-refractivity contribution in [2.75, 3.05) is 13.6 Å². The summed E-state index contributed by atoms with van der Waals surface area (Å²) < 4.78 is 1.75. The molecule has 1 aliphatic rings. The van der Waals surface area contributed by atoms with Crippen LogP contribution in [0.5, 0.6) is 0 Å². The Kier molecular flexibility index (Phi) is 4.26. The second kappa shape index (κ2) is 5.93. The molecule has 5 heteroatoms. The first kappa shape index (κ1) is 14.4. The van der Waals surface area contributed by atoms with E-state index in [1.54, 1.807) is 10.8 Å². The van der Waals surface area contributed by atoms with Crippen LogP contribution < -0.4 is 0 Å². The van der Waals surface area contributed by atoms with E-state index in [9.17, 15) is 9.90 Å². The van der Waals surface area contributed by atoms with E-state index in [4.69, 9.17) is 6.42 Å². The average molecular weight is 273 g/mol. The van der Waals surface area contributed by atoms with E-state index in [-0.39, 0.29) is 11.7 Å². The number of aromatic carboxylic acids is 1. The van der Waals surface area contributed by atoms with Gasteiger partial charge in [0.05, 0.1) is 13.1 Å². The van der Waals surface area contributed by atoms with Gasteiger partial charge in [0, 0.05) is 17.3 Å². The first-order valence-electron chi connectivity index (χ1n) is 6.65. The van der Waals surface area contributed by atoms with Crippen molar-refractivity contribution in [3.05, 3.63) is 29.6 Å². The normalized spacial score (nSPS) is 17.6. The molecule has 0 aliphatic heterocycles. The fourth-order valence-electron chi connectivity index (χ4n) is 2.76. The van der Waals surface area contributed by atoms with Gasteiger partial charge in [-0.25, -0.2) is 4.79 Å². The Morgan fingerprint density at radius 3 is 3.10 bits per heavy atom. The van der Waals surface area contributed by atoms with Gasteiger partial charge < -0.3 is 5.11 Å². The molecule has 106 valence electrons. The van der Waals surface area contributed by atoms with Gasteiger partial charge in [-0.2, -0.15) is 5.10 Å². The number of terminal acetylenes is 1. The molecule has 0 saturated carbocycles. The van der Waals surface area contributed by atoms with Gasteiger partial charge in [-0.1, -0.05) is 12.0 Å².